The van der Waals surface area contributed by atoms with Gasteiger partial charge in [-0.3, -0.25) is 0 Å². The highest BCUT2D eigenvalue weighted by atomic mass is 19.4. The molecule has 0 fully saturated rings. The van der Waals surface area contributed by atoms with Crippen molar-refractivity contribution in [3.63, 3.8) is 0 Å². The second-order valence-electron chi connectivity index (χ2n) is 9.29. The Morgan fingerprint density at radius 3 is 1.57 bits per heavy atom. The highest BCUT2D eigenvalue weighted by Crippen LogP contribution is 2.56. The van der Waals surface area contributed by atoms with Crippen molar-refractivity contribution in [1.82, 2.24) is 0 Å². The average Bonchev–Trinajstić information content (AvgIpc) is 3.32. The Morgan fingerprint density at radius 2 is 1.07 bits per heavy atom. The van der Waals surface area contributed by atoms with Crippen LogP contribution < -0.4 is 0 Å². The molecule has 2 aromatic carbocycles. The van der Waals surface area contributed by atoms with E-state index in [0.717, 1.165) is 12.2 Å². The molecule has 2 aromatic rings. The van der Waals surface area contributed by atoms with Gasteiger partial charge in [0.1, 0.15) is 0 Å². The summed E-state index contributed by atoms with van der Waals surface area (Å²) in [6.07, 6.45) is -17.0. The summed E-state index contributed by atoms with van der Waals surface area (Å²) in [7, 11) is 0. The van der Waals surface area contributed by atoms with E-state index in [4.69, 9.17) is 0 Å². The second kappa shape index (κ2) is 8.95. The highest BCUT2D eigenvalue weighted by molar-refractivity contribution is 6.31. The van der Waals surface area contributed by atoms with Crippen molar-refractivity contribution in [3.8, 4) is 12.4 Å². The van der Waals surface area contributed by atoms with Crippen molar-refractivity contribution in [2.45, 2.75) is 30.6 Å². The summed E-state index contributed by atoms with van der Waals surface area (Å²) in [5.41, 5.74) is -12.4. The zero-order valence-electron chi connectivity index (χ0n) is 19.9. The molecule has 3 aliphatic carbocycles. The number of alkyl halides is 12. The number of nitriles is 2. The first kappa shape index (κ1) is 28.9. The summed E-state index contributed by atoms with van der Waals surface area (Å²) in [6, 6.07) is 0.310. The van der Waals surface area contributed by atoms with Crippen LogP contribution >= 0.6 is 0 Å². The van der Waals surface area contributed by atoms with E-state index in [1.54, 1.807) is 0 Å². The van der Waals surface area contributed by atoms with Gasteiger partial charge >= 0.3 is 24.7 Å². The molecular weight excluding hydrogens is 596 g/mol. The van der Waals surface area contributed by atoms with Crippen LogP contribution in [0.25, 0.3) is 5.57 Å². The molecule has 0 heterocycles. The lowest BCUT2D eigenvalue weighted by molar-refractivity contribution is -0.145. The molecule has 0 spiro atoms. The Kier molecular flexibility index (Phi) is 6.16. The molecule has 2 unspecified atom stereocenters. The Balaban J connectivity index is 1.87. The number of aliphatic imine (C=N–C) groups is 2. The molecule has 0 saturated carbocycles. The number of hydrogen-bond donors (Lipinski definition) is 0. The molecule has 2 atom stereocenters. The summed E-state index contributed by atoms with van der Waals surface area (Å²) >= 11 is 0. The first-order chi connectivity index (χ1) is 19.3. The summed E-state index contributed by atoms with van der Waals surface area (Å²) in [4.78, 5) is 6.76. The lowest BCUT2D eigenvalue weighted by Crippen LogP contribution is -2.18. The number of fused-ring (bicyclic) bond motifs is 6. The van der Waals surface area contributed by atoms with Crippen LogP contribution in [-0.4, -0.2) is 11.4 Å². The van der Waals surface area contributed by atoms with Crippen LogP contribution in [0.5, 0.6) is 0 Å². The third-order valence-corrected chi connectivity index (χ3v) is 6.99. The number of allylic oxidation sites excluding steroid dienone is 4. The maximum Gasteiger partial charge on any atom is 0.417 e. The monoisotopic (exact) mass is 604 g/mol. The van der Waals surface area contributed by atoms with Gasteiger partial charge < -0.3 is 0 Å². The third-order valence-electron chi connectivity index (χ3n) is 6.99. The van der Waals surface area contributed by atoms with E-state index < -0.39 is 104 Å². The van der Waals surface area contributed by atoms with Gasteiger partial charge in [0.15, 0.2) is 0 Å². The predicted molar refractivity (Wildman–Crippen MR) is 119 cm³/mol. The Morgan fingerprint density at radius 1 is 0.571 bits per heavy atom. The van der Waals surface area contributed by atoms with Crippen LogP contribution in [0.2, 0.25) is 0 Å². The quantitative estimate of drug-likeness (QED) is 0.226. The van der Waals surface area contributed by atoms with Crippen LogP contribution in [0.3, 0.4) is 0 Å². The molecular formula is C26H8F12N4. The lowest BCUT2D eigenvalue weighted by atomic mass is 9.80. The molecule has 5 rings (SSSR count). The minimum atomic E-state index is -5.40. The fourth-order valence-electron chi connectivity index (χ4n) is 5.49. The van der Waals surface area contributed by atoms with E-state index in [9.17, 15) is 63.2 Å². The standard InChI is InChI=1S/C26H8F12N4/c27-23(28,29)9-1-15-19(17(3-9)25(33,34)35)11-5-14-12(6-13(11)21(15)41-7-39)20-16(22(14)42-8-40)2-10(24(30,31)32)4-18(20)26(36,37)38/h1-6,11,13H. The van der Waals surface area contributed by atoms with Gasteiger partial charge in [-0.15, -0.1) is 0 Å². The normalized spacial score (nSPS) is 21.7. The first-order valence-electron chi connectivity index (χ1n) is 11.3. The highest BCUT2D eigenvalue weighted by Gasteiger charge is 2.51. The molecule has 0 saturated heterocycles. The minimum absolute atomic E-state index is 0.159. The van der Waals surface area contributed by atoms with Crippen molar-refractivity contribution in [2.24, 2.45) is 15.9 Å². The molecule has 4 nitrogen and oxygen atoms in total. The van der Waals surface area contributed by atoms with E-state index in [1.807, 2.05) is 0 Å². The van der Waals surface area contributed by atoms with Crippen LogP contribution in [0.1, 0.15) is 50.4 Å². The minimum Gasteiger partial charge on any atom is -0.177 e. The van der Waals surface area contributed by atoms with E-state index in [-0.39, 0.29) is 12.1 Å². The van der Waals surface area contributed by atoms with Crippen LogP contribution in [-0.2, 0) is 24.7 Å². The van der Waals surface area contributed by atoms with Gasteiger partial charge in [0, 0.05) is 34.1 Å². The van der Waals surface area contributed by atoms with Gasteiger partial charge in [0.05, 0.1) is 33.7 Å². The SMILES string of the molecule is N#CN=C1C2=CC3c4c(cc(C(F)(F)F)cc4C(F)(F)F)C(=NC#N)C3C=C2c2c1cc(C(F)(F)F)cc2C(F)(F)F. The van der Waals surface area contributed by atoms with Gasteiger partial charge in [0.25, 0.3) is 0 Å². The topological polar surface area (TPSA) is 72.3 Å². The molecule has 0 aliphatic heterocycles. The van der Waals surface area contributed by atoms with Gasteiger partial charge in [0.2, 0.25) is 12.4 Å². The second-order valence-corrected chi connectivity index (χ2v) is 9.29. The maximum absolute atomic E-state index is 14.1. The fourth-order valence-corrected chi connectivity index (χ4v) is 5.49. The zero-order valence-corrected chi connectivity index (χ0v) is 19.9. The number of halogens is 12. The summed E-state index contributed by atoms with van der Waals surface area (Å²) in [6.45, 7) is 0. The Hall–Kier alpha value is -4.60. The lowest BCUT2D eigenvalue weighted by Gasteiger charge is -2.24. The molecule has 0 amide bonds. The van der Waals surface area contributed by atoms with E-state index in [2.05, 4.69) is 9.98 Å². The van der Waals surface area contributed by atoms with Gasteiger partial charge in [-0.25, -0.2) is 0 Å². The maximum atomic E-state index is 14.1. The molecule has 0 bridgehead atoms. The molecule has 16 heteroatoms. The molecule has 0 radical (unpaired) electrons. The molecule has 0 N–H and O–H groups in total. The molecule has 216 valence electrons. The van der Waals surface area contributed by atoms with Crippen molar-refractivity contribution in [3.05, 3.63) is 86.5 Å². The van der Waals surface area contributed by atoms with Gasteiger partial charge in [-0.05, 0) is 35.4 Å². The van der Waals surface area contributed by atoms with Crippen LogP contribution in [0.4, 0.5) is 52.7 Å². The summed E-state index contributed by atoms with van der Waals surface area (Å²) < 4.78 is 166. The van der Waals surface area contributed by atoms with E-state index in [0.29, 0.717) is 12.1 Å². The summed E-state index contributed by atoms with van der Waals surface area (Å²) in [5.74, 6) is -3.11. The van der Waals surface area contributed by atoms with Crippen molar-refractivity contribution in [1.29, 1.82) is 10.5 Å². The smallest absolute Gasteiger partial charge is 0.177 e. The third kappa shape index (κ3) is 4.42. The van der Waals surface area contributed by atoms with Crippen molar-refractivity contribution in [2.75, 3.05) is 0 Å². The Bertz CT molecular complexity index is 1750. The van der Waals surface area contributed by atoms with E-state index in [1.165, 1.54) is 12.4 Å². The van der Waals surface area contributed by atoms with Gasteiger partial charge in [-0.1, -0.05) is 12.2 Å². The fraction of sp³-hybridized carbons (Fsp3) is 0.231. The number of nitrogens with zero attached hydrogens (tertiary/aromatic N) is 4. The number of hydrogen-bond acceptors (Lipinski definition) is 4. The van der Waals surface area contributed by atoms with Gasteiger partial charge in [-0.2, -0.15) is 73.2 Å². The molecule has 3 aliphatic rings. The summed E-state index contributed by atoms with van der Waals surface area (Å²) in [5, 5.41) is 18.4. The number of benzene rings is 2. The molecule has 42 heavy (non-hydrogen) atoms. The van der Waals surface area contributed by atoms with Crippen molar-refractivity contribution >= 4 is 17.0 Å². The Labute approximate surface area is 226 Å². The molecule has 0 aromatic heterocycles. The van der Waals surface area contributed by atoms with Crippen LogP contribution in [0, 0.1) is 28.8 Å². The first-order valence-corrected chi connectivity index (χ1v) is 11.3. The van der Waals surface area contributed by atoms with Crippen molar-refractivity contribution < 1.29 is 52.7 Å². The predicted octanol–water partition coefficient (Wildman–Crippen LogP) is 8.05. The number of rotatable bonds is 0. The van der Waals surface area contributed by atoms with Crippen LogP contribution in [0.15, 0.2) is 52.0 Å². The largest absolute Gasteiger partial charge is 0.417 e. The average molecular weight is 604 g/mol. The van der Waals surface area contributed by atoms with E-state index >= 15 is 0 Å². The zero-order chi connectivity index (χ0) is 31.2.